The van der Waals surface area contributed by atoms with Crippen molar-refractivity contribution in [3.8, 4) is 0 Å². The Bertz CT molecular complexity index is 45.5. The summed E-state index contributed by atoms with van der Waals surface area (Å²) in [4.78, 5) is 0. The van der Waals surface area contributed by atoms with Gasteiger partial charge in [0, 0.05) is 0 Å². The van der Waals surface area contributed by atoms with Crippen LogP contribution in [0.1, 0.15) is 13.8 Å². The van der Waals surface area contributed by atoms with E-state index < -0.39 is 15.1 Å². The van der Waals surface area contributed by atoms with Gasteiger partial charge in [-0.15, -0.1) is 0 Å². The zero-order chi connectivity index (χ0) is 4.99. The number of rotatable bonds is 2. The molecule has 6 heavy (non-hydrogen) atoms. The van der Waals surface area contributed by atoms with Crippen molar-refractivity contribution in [2.45, 2.75) is 24.1 Å². The van der Waals surface area contributed by atoms with Gasteiger partial charge in [0.2, 0.25) is 0 Å². The van der Waals surface area contributed by atoms with Crippen LogP contribution in [0.2, 0.25) is 10.3 Å². The molecule has 0 saturated heterocycles. The molecule has 0 N–H and O–H groups in total. The molecule has 0 aromatic heterocycles. The van der Waals surface area contributed by atoms with Crippen LogP contribution in [-0.4, -0.2) is 0 Å². The molecule has 0 amide bonds. The molecule has 0 fully saturated rings. The van der Waals surface area contributed by atoms with Gasteiger partial charge in [0.1, 0.15) is 0 Å². The first kappa shape index (κ1) is 6.38. The predicted octanol–water partition coefficient (Wildman–Crippen LogP) is 1.83. The Morgan fingerprint density at radius 2 is 1.67 bits per heavy atom. The second-order valence-corrected chi connectivity index (χ2v) is 4.59. The second kappa shape index (κ2) is 3.57. The monoisotopic (exact) mass is 125 g/mol. The maximum absolute atomic E-state index is 10.4. The van der Waals surface area contributed by atoms with Crippen LogP contribution in [0.5, 0.6) is 0 Å². The van der Waals surface area contributed by atoms with Crippen molar-refractivity contribution in [2.24, 2.45) is 0 Å². The molecule has 0 saturated carbocycles. The third-order valence-corrected chi connectivity index (χ3v) is 2.91. The summed E-state index contributed by atoms with van der Waals surface area (Å²) >= 11 is -1.47. The van der Waals surface area contributed by atoms with Crippen molar-refractivity contribution in [1.82, 2.24) is 0 Å². The average molecular weight is 125 g/mol. The molecule has 0 aromatic rings. The van der Waals surface area contributed by atoms with Crippen molar-refractivity contribution in [1.29, 1.82) is 0 Å². The third kappa shape index (κ3) is 2.61. The van der Waals surface area contributed by atoms with E-state index >= 15 is 0 Å². The number of hydrogen-bond acceptors (Lipinski definition) is 1. The Morgan fingerprint density at radius 3 is 1.67 bits per heavy atom. The van der Waals surface area contributed by atoms with Crippen molar-refractivity contribution >= 4 is 0 Å². The molecule has 0 atom stereocenters. The molecular formula is C4H10OV. The summed E-state index contributed by atoms with van der Waals surface area (Å²) in [5, 5.41) is 1.84. The first-order valence-corrected chi connectivity index (χ1v) is 4.77. The molecule has 0 aliphatic carbocycles. The van der Waals surface area contributed by atoms with Gasteiger partial charge in [-0.3, -0.25) is 0 Å². The Balaban J connectivity index is 2.99. The molecule has 2 heteroatoms. The molecule has 0 aliphatic heterocycles. The number of hydrogen-bond donors (Lipinski definition) is 0. The van der Waals surface area contributed by atoms with Crippen LogP contribution >= 0.6 is 0 Å². The van der Waals surface area contributed by atoms with E-state index in [1.54, 1.807) is 0 Å². The van der Waals surface area contributed by atoms with E-state index in [2.05, 4.69) is 0 Å². The van der Waals surface area contributed by atoms with Crippen molar-refractivity contribution in [3.05, 3.63) is 0 Å². The maximum atomic E-state index is 10.4. The zero-order valence-corrected chi connectivity index (χ0v) is 5.67. The van der Waals surface area contributed by atoms with Gasteiger partial charge in [-0.2, -0.15) is 0 Å². The average Bonchev–Trinajstić information content (AvgIpc) is 1.65. The van der Waals surface area contributed by atoms with Gasteiger partial charge in [-0.1, -0.05) is 0 Å². The van der Waals surface area contributed by atoms with Gasteiger partial charge in [0.25, 0.3) is 0 Å². The third-order valence-electron chi connectivity index (χ3n) is 0.705. The molecule has 0 aliphatic rings. The van der Waals surface area contributed by atoms with Crippen molar-refractivity contribution < 1.29 is 18.8 Å². The molecular weight excluding hydrogens is 115 g/mol. The van der Waals surface area contributed by atoms with Crippen LogP contribution < -0.4 is 0 Å². The molecule has 0 rings (SSSR count). The molecule has 0 heterocycles. The quantitative estimate of drug-likeness (QED) is 0.550. The normalized spacial score (nSPS) is 8.33. The molecule has 0 unspecified atom stereocenters. The second-order valence-electron chi connectivity index (χ2n) is 1.11. The Kier molecular flexibility index (Phi) is 3.80. The van der Waals surface area contributed by atoms with E-state index in [-0.39, 0.29) is 0 Å². The molecule has 0 radical (unpaired) electrons. The van der Waals surface area contributed by atoms with Crippen molar-refractivity contribution in [3.63, 3.8) is 0 Å². The summed E-state index contributed by atoms with van der Waals surface area (Å²) < 4.78 is 10.4. The van der Waals surface area contributed by atoms with Gasteiger partial charge in [0.15, 0.2) is 0 Å². The van der Waals surface area contributed by atoms with Gasteiger partial charge >= 0.3 is 42.9 Å². The Labute approximate surface area is 43.5 Å². The fourth-order valence-electron chi connectivity index (χ4n) is 0.224. The molecule has 0 spiro atoms. The molecule has 37 valence electrons. The van der Waals surface area contributed by atoms with Crippen LogP contribution in [0, 0.1) is 0 Å². The van der Waals surface area contributed by atoms with Crippen LogP contribution in [0.3, 0.4) is 0 Å². The summed E-state index contributed by atoms with van der Waals surface area (Å²) in [7, 11) is 0. The Morgan fingerprint density at radius 1 is 1.33 bits per heavy atom. The molecule has 1 nitrogen and oxygen atoms in total. The fourth-order valence-corrected chi connectivity index (χ4v) is 0.922. The summed E-state index contributed by atoms with van der Waals surface area (Å²) in [5.41, 5.74) is 0. The minimum atomic E-state index is -1.47. The predicted molar refractivity (Wildman–Crippen MR) is 21.6 cm³/mol. The zero-order valence-electron chi connectivity index (χ0n) is 4.27. The summed E-state index contributed by atoms with van der Waals surface area (Å²) in [5.74, 6) is 0. The first-order valence-electron chi connectivity index (χ1n) is 2.23. The van der Waals surface area contributed by atoms with Crippen LogP contribution in [-0.2, 0) is 18.8 Å². The van der Waals surface area contributed by atoms with Crippen LogP contribution in [0.15, 0.2) is 0 Å². The van der Waals surface area contributed by atoms with E-state index in [1.807, 2.05) is 13.8 Å². The van der Waals surface area contributed by atoms with E-state index in [1.165, 1.54) is 0 Å². The van der Waals surface area contributed by atoms with E-state index in [4.69, 9.17) is 0 Å². The van der Waals surface area contributed by atoms with Crippen molar-refractivity contribution in [2.75, 3.05) is 0 Å². The van der Waals surface area contributed by atoms with E-state index in [9.17, 15) is 3.67 Å². The van der Waals surface area contributed by atoms with Crippen LogP contribution in [0.4, 0.5) is 0 Å². The minimum absolute atomic E-state index is 0.920. The summed E-state index contributed by atoms with van der Waals surface area (Å²) in [6, 6.07) is 0. The first-order chi connectivity index (χ1) is 2.81. The fraction of sp³-hybridized carbons (Fsp3) is 1.00. The standard InChI is InChI=1S/2C2H5.O.V/c2*1-2;;/h2*1H2,2H3;;. The molecule has 0 aromatic carbocycles. The van der Waals surface area contributed by atoms with E-state index in [0.29, 0.717) is 0 Å². The Hall–Kier alpha value is 0.384. The summed E-state index contributed by atoms with van der Waals surface area (Å²) in [6.07, 6.45) is 0. The van der Waals surface area contributed by atoms with Gasteiger partial charge in [-0.05, 0) is 0 Å². The SMILES string of the molecule is C[CH2][V](=[O])[CH2]C. The van der Waals surface area contributed by atoms with Gasteiger partial charge < -0.3 is 0 Å². The molecule has 0 bridgehead atoms. The topological polar surface area (TPSA) is 17.1 Å². The van der Waals surface area contributed by atoms with Gasteiger partial charge in [-0.25, -0.2) is 0 Å². The summed E-state index contributed by atoms with van der Waals surface area (Å²) in [6.45, 7) is 3.97. The van der Waals surface area contributed by atoms with Crippen LogP contribution in [0.25, 0.3) is 0 Å². The van der Waals surface area contributed by atoms with E-state index in [0.717, 1.165) is 10.3 Å². The van der Waals surface area contributed by atoms with Gasteiger partial charge in [0.05, 0.1) is 0 Å².